The number of hydrogen-bond acceptors (Lipinski definition) is 5. The van der Waals surface area contributed by atoms with Crippen LogP contribution in [0.3, 0.4) is 0 Å². The second-order valence-corrected chi connectivity index (χ2v) is 6.21. The predicted octanol–water partition coefficient (Wildman–Crippen LogP) is 3.37. The third-order valence-electron chi connectivity index (χ3n) is 3.37. The molecular formula is C17H16N2O3S. The van der Waals surface area contributed by atoms with Gasteiger partial charge in [-0.25, -0.2) is 4.98 Å². The minimum atomic E-state index is -0.356. The number of benzene rings is 1. The molecule has 6 heteroatoms. The van der Waals surface area contributed by atoms with E-state index in [1.54, 1.807) is 29.7 Å². The van der Waals surface area contributed by atoms with E-state index >= 15 is 0 Å². The SMILES string of the molecule is O=C(CCCc1nc2ccccc2s1)OCC(=O)c1ccc[nH]1. The Morgan fingerprint density at radius 2 is 2.04 bits per heavy atom. The summed E-state index contributed by atoms with van der Waals surface area (Å²) in [5, 5.41) is 1.02. The van der Waals surface area contributed by atoms with Crippen LogP contribution < -0.4 is 0 Å². The summed E-state index contributed by atoms with van der Waals surface area (Å²) in [5.74, 6) is -0.583. The van der Waals surface area contributed by atoms with Gasteiger partial charge in [0, 0.05) is 12.6 Å². The number of nitrogens with one attached hydrogen (secondary N) is 1. The van der Waals surface area contributed by atoms with Crippen LogP contribution in [0.4, 0.5) is 0 Å². The highest BCUT2D eigenvalue weighted by molar-refractivity contribution is 7.18. The molecule has 0 bridgehead atoms. The Morgan fingerprint density at radius 1 is 1.17 bits per heavy atom. The van der Waals surface area contributed by atoms with E-state index in [4.69, 9.17) is 4.74 Å². The maximum absolute atomic E-state index is 11.7. The Balaban J connectivity index is 1.41. The van der Waals surface area contributed by atoms with Gasteiger partial charge in [0.25, 0.3) is 0 Å². The summed E-state index contributed by atoms with van der Waals surface area (Å²) < 4.78 is 6.15. The number of nitrogens with zero attached hydrogens (tertiary/aromatic N) is 1. The highest BCUT2D eigenvalue weighted by Gasteiger charge is 2.11. The summed E-state index contributed by atoms with van der Waals surface area (Å²) in [6.45, 7) is -0.222. The van der Waals surface area contributed by atoms with Gasteiger partial charge in [0.2, 0.25) is 5.78 Å². The minimum absolute atomic E-state index is 0.222. The monoisotopic (exact) mass is 328 g/mol. The molecule has 118 valence electrons. The molecule has 0 unspecified atom stereocenters. The number of fused-ring (bicyclic) bond motifs is 1. The van der Waals surface area contributed by atoms with Crippen molar-refractivity contribution in [2.45, 2.75) is 19.3 Å². The molecule has 3 rings (SSSR count). The van der Waals surface area contributed by atoms with E-state index < -0.39 is 0 Å². The van der Waals surface area contributed by atoms with Crippen molar-refractivity contribution in [2.24, 2.45) is 0 Å². The second kappa shape index (κ2) is 7.19. The number of aromatic amines is 1. The van der Waals surface area contributed by atoms with Crippen molar-refractivity contribution < 1.29 is 14.3 Å². The number of aromatic nitrogens is 2. The van der Waals surface area contributed by atoms with Crippen molar-refractivity contribution >= 4 is 33.3 Å². The molecule has 0 saturated carbocycles. The van der Waals surface area contributed by atoms with Gasteiger partial charge in [-0.15, -0.1) is 11.3 Å². The van der Waals surface area contributed by atoms with Gasteiger partial charge in [0.15, 0.2) is 6.61 Å². The van der Waals surface area contributed by atoms with Crippen molar-refractivity contribution in [2.75, 3.05) is 6.61 Å². The smallest absolute Gasteiger partial charge is 0.306 e. The maximum Gasteiger partial charge on any atom is 0.306 e. The molecular weight excluding hydrogens is 312 g/mol. The van der Waals surface area contributed by atoms with Gasteiger partial charge >= 0.3 is 5.97 Å². The van der Waals surface area contributed by atoms with Crippen LogP contribution in [-0.4, -0.2) is 28.3 Å². The molecule has 0 aliphatic heterocycles. The highest BCUT2D eigenvalue weighted by atomic mass is 32.1. The number of thiazole rings is 1. The van der Waals surface area contributed by atoms with Crippen LogP contribution in [-0.2, 0) is 16.0 Å². The van der Waals surface area contributed by atoms with Gasteiger partial charge in [0.05, 0.1) is 20.9 Å². The van der Waals surface area contributed by atoms with Crippen LogP contribution in [0.15, 0.2) is 42.6 Å². The first-order valence-corrected chi connectivity index (χ1v) is 8.21. The topological polar surface area (TPSA) is 72.0 Å². The fourth-order valence-electron chi connectivity index (χ4n) is 2.21. The lowest BCUT2D eigenvalue weighted by Crippen LogP contribution is -2.14. The zero-order chi connectivity index (χ0) is 16.1. The lowest BCUT2D eigenvalue weighted by Gasteiger charge is -2.02. The molecule has 5 nitrogen and oxygen atoms in total. The number of aryl methyl sites for hydroxylation is 1. The number of ether oxygens (including phenoxy) is 1. The normalized spacial score (nSPS) is 10.8. The molecule has 0 saturated heterocycles. The van der Waals surface area contributed by atoms with Gasteiger partial charge in [-0.1, -0.05) is 12.1 Å². The van der Waals surface area contributed by atoms with Crippen LogP contribution >= 0.6 is 11.3 Å². The average molecular weight is 328 g/mol. The van der Waals surface area contributed by atoms with E-state index in [1.807, 2.05) is 24.3 Å². The predicted molar refractivity (Wildman–Crippen MR) is 88.6 cm³/mol. The number of H-pyrrole nitrogens is 1. The lowest BCUT2D eigenvalue weighted by molar-refractivity contribution is -0.142. The summed E-state index contributed by atoms with van der Waals surface area (Å²) >= 11 is 1.64. The first-order valence-electron chi connectivity index (χ1n) is 7.39. The standard InChI is InChI=1S/C17H16N2O3S/c20-14(12-6-4-10-18-12)11-22-17(21)9-3-8-16-19-13-5-1-2-7-15(13)23-16/h1-2,4-7,10,18H,3,8-9,11H2. The number of carbonyl (C=O) groups excluding carboxylic acids is 2. The molecule has 0 amide bonds. The van der Waals surface area contributed by atoms with E-state index in [0.717, 1.165) is 21.6 Å². The third kappa shape index (κ3) is 4.04. The van der Waals surface area contributed by atoms with E-state index in [0.29, 0.717) is 12.1 Å². The number of rotatable bonds is 7. The third-order valence-corrected chi connectivity index (χ3v) is 4.47. The largest absolute Gasteiger partial charge is 0.457 e. The molecule has 0 radical (unpaired) electrons. The van der Waals surface area contributed by atoms with Crippen LogP contribution in [0.1, 0.15) is 28.3 Å². The number of esters is 1. The van der Waals surface area contributed by atoms with E-state index in [2.05, 4.69) is 9.97 Å². The summed E-state index contributed by atoms with van der Waals surface area (Å²) in [6.07, 6.45) is 3.34. The molecule has 0 atom stereocenters. The summed E-state index contributed by atoms with van der Waals surface area (Å²) in [6, 6.07) is 11.4. The number of Topliss-reactive ketones (excluding diaryl/α,β-unsaturated/α-hetero) is 1. The molecule has 0 spiro atoms. The average Bonchev–Trinajstić information content (AvgIpc) is 3.21. The van der Waals surface area contributed by atoms with Crippen molar-refractivity contribution in [3.63, 3.8) is 0 Å². The Kier molecular flexibility index (Phi) is 4.83. The summed E-state index contributed by atoms with van der Waals surface area (Å²) in [7, 11) is 0. The highest BCUT2D eigenvalue weighted by Crippen LogP contribution is 2.22. The molecule has 2 heterocycles. The van der Waals surface area contributed by atoms with E-state index in [1.165, 1.54) is 0 Å². The van der Waals surface area contributed by atoms with Crippen LogP contribution in [0, 0.1) is 0 Å². The maximum atomic E-state index is 11.7. The van der Waals surface area contributed by atoms with Crippen LogP contribution in [0.2, 0.25) is 0 Å². The molecule has 1 N–H and O–H groups in total. The van der Waals surface area contributed by atoms with Crippen LogP contribution in [0.5, 0.6) is 0 Å². The first-order chi connectivity index (χ1) is 11.2. The zero-order valence-corrected chi connectivity index (χ0v) is 13.3. The molecule has 0 aliphatic carbocycles. The van der Waals surface area contributed by atoms with Crippen molar-refractivity contribution in [1.82, 2.24) is 9.97 Å². The number of carbonyl (C=O) groups is 2. The van der Waals surface area contributed by atoms with Gasteiger partial charge in [0.1, 0.15) is 0 Å². The van der Waals surface area contributed by atoms with Crippen LogP contribution in [0.25, 0.3) is 10.2 Å². The minimum Gasteiger partial charge on any atom is -0.457 e. The van der Waals surface area contributed by atoms with Crippen molar-refractivity contribution in [3.8, 4) is 0 Å². The lowest BCUT2D eigenvalue weighted by atomic mass is 10.2. The van der Waals surface area contributed by atoms with Gasteiger partial charge in [-0.05, 0) is 37.1 Å². The molecule has 0 fully saturated rings. The van der Waals surface area contributed by atoms with Gasteiger partial charge < -0.3 is 9.72 Å². The Labute approximate surface area is 137 Å². The molecule has 23 heavy (non-hydrogen) atoms. The second-order valence-electron chi connectivity index (χ2n) is 5.10. The Morgan fingerprint density at radius 3 is 2.83 bits per heavy atom. The zero-order valence-electron chi connectivity index (χ0n) is 12.5. The number of para-hydroxylation sites is 1. The molecule has 0 aliphatic rings. The number of hydrogen-bond donors (Lipinski definition) is 1. The summed E-state index contributed by atoms with van der Waals surface area (Å²) in [5.41, 5.74) is 1.44. The number of ketones is 1. The molecule has 2 aromatic heterocycles. The van der Waals surface area contributed by atoms with Crippen molar-refractivity contribution in [3.05, 3.63) is 53.3 Å². The van der Waals surface area contributed by atoms with Gasteiger partial charge in [-0.3, -0.25) is 9.59 Å². The Hall–Kier alpha value is -2.47. The van der Waals surface area contributed by atoms with E-state index in [9.17, 15) is 9.59 Å². The van der Waals surface area contributed by atoms with E-state index in [-0.39, 0.29) is 24.8 Å². The summed E-state index contributed by atoms with van der Waals surface area (Å²) in [4.78, 5) is 30.7. The van der Waals surface area contributed by atoms with Crippen molar-refractivity contribution in [1.29, 1.82) is 0 Å². The van der Waals surface area contributed by atoms with Gasteiger partial charge in [-0.2, -0.15) is 0 Å². The quantitative estimate of drug-likeness (QED) is 0.533. The molecule has 1 aromatic carbocycles. The Bertz CT molecular complexity index is 775. The first kappa shape index (κ1) is 15.4. The fraction of sp³-hybridized carbons (Fsp3) is 0.235. The molecule has 3 aromatic rings. The fourth-order valence-corrected chi connectivity index (χ4v) is 3.22.